The SMILES string of the molecule is COc1ccc(CCNC(=O)c2ccc(=O)[nH]n2)cc1Cl. The van der Waals surface area contributed by atoms with Crippen molar-refractivity contribution in [2.75, 3.05) is 13.7 Å². The number of nitrogens with one attached hydrogen (secondary N) is 2. The number of hydrogen-bond acceptors (Lipinski definition) is 4. The van der Waals surface area contributed by atoms with Gasteiger partial charge >= 0.3 is 0 Å². The van der Waals surface area contributed by atoms with E-state index in [1.54, 1.807) is 19.2 Å². The van der Waals surface area contributed by atoms with Gasteiger partial charge in [-0.05, 0) is 30.2 Å². The molecule has 1 aromatic heterocycles. The van der Waals surface area contributed by atoms with E-state index in [9.17, 15) is 9.59 Å². The quantitative estimate of drug-likeness (QED) is 0.874. The lowest BCUT2D eigenvalue weighted by atomic mass is 10.1. The molecule has 1 amide bonds. The van der Waals surface area contributed by atoms with Gasteiger partial charge in [0.25, 0.3) is 11.5 Å². The topological polar surface area (TPSA) is 84.1 Å². The van der Waals surface area contributed by atoms with E-state index in [2.05, 4.69) is 15.5 Å². The van der Waals surface area contributed by atoms with Crippen molar-refractivity contribution >= 4 is 17.5 Å². The molecule has 2 aromatic rings. The summed E-state index contributed by atoms with van der Waals surface area (Å²) < 4.78 is 5.07. The van der Waals surface area contributed by atoms with Gasteiger partial charge in [0.05, 0.1) is 12.1 Å². The fourth-order valence-electron chi connectivity index (χ4n) is 1.75. The number of H-pyrrole nitrogens is 1. The number of aromatic amines is 1. The van der Waals surface area contributed by atoms with Crippen LogP contribution >= 0.6 is 11.6 Å². The molecule has 0 unspecified atom stereocenters. The van der Waals surface area contributed by atoms with Crippen molar-refractivity contribution in [3.05, 3.63) is 57.0 Å². The third-order valence-corrected chi connectivity index (χ3v) is 3.12. The maximum Gasteiger partial charge on any atom is 0.271 e. The Kier molecular flexibility index (Phi) is 4.94. The van der Waals surface area contributed by atoms with E-state index in [1.165, 1.54) is 12.1 Å². The molecule has 1 aromatic carbocycles. The first kappa shape index (κ1) is 15.1. The van der Waals surface area contributed by atoms with Crippen molar-refractivity contribution in [3.8, 4) is 5.75 Å². The van der Waals surface area contributed by atoms with Gasteiger partial charge in [0.2, 0.25) is 0 Å². The number of rotatable bonds is 5. The molecular formula is C14H14ClN3O3. The van der Waals surface area contributed by atoms with Gasteiger partial charge in [0.1, 0.15) is 11.4 Å². The molecule has 0 fully saturated rings. The fourth-order valence-corrected chi connectivity index (χ4v) is 2.03. The maximum atomic E-state index is 11.8. The van der Waals surface area contributed by atoms with E-state index < -0.39 is 0 Å². The Morgan fingerprint density at radius 2 is 2.19 bits per heavy atom. The molecule has 1 heterocycles. The molecule has 0 aliphatic rings. The Morgan fingerprint density at radius 1 is 1.38 bits per heavy atom. The predicted molar refractivity (Wildman–Crippen MR) is 78.9 cm³/mol. The van der Waals surface area contributed by atoms with Gasteiger partial charge in [0, 0.05) is 12.6 Å². The molecule has 6 nitrogen and oxygen atoms in total. The van der Waals surface area contributed by atoms with Crippen LogP contribution in [0.4, 0.5) is 0 Å². The number of ether oxygens (including phenoxy) is 1. The minimum atomic E-state index is -0.348. The summed E-state index contributed by atoms with van der Waals surface area (Å²) in [6.07, 6.45) is 0.624. The number of benzene rings is 1. The van der Waals surface area contributed by atoms with Crippen LogP contribution in [0.3, 0.4) is 0 Å². The smallest absolute Gasteiger partial charge is 0.271 e. The van der Waals surface area contributed by atoms with Crippen molar-refractivity contribution in [2.45, 2.75) is 6.42 Å². The summed E-state index contributed by atoms with van der Waals surface area (Å²) in [7, 11) is 1.55. The van der Waals surface area contributed by atoms with Gasteiger partial charge in [-0.3, -0.25) is 9.59 Å². The van der Waals surface area contributed by atoms with Gasteiger partial charge in [0.15, 0.2) is 0 Å². The molecule has 2 rings (SSSR count). The molecule has 2 N–H and O–H groups in total. The number of hydrogen-bond donors (Lipinski definition) is 2. The third kappa shape index (κ3) is 4.06. The van der Waals surface area contributed by atoms with Crippen LogP contribution < -0.4 is 15.6 Å². The first-order valence-corrected chi connectivity index (χ1v) is 6.64. The lowest BCUT2D eigenvalue weighted by Crippen LogP contribution is -2.27. The summed E-state index contributed by atoms with van der Waals surface area (Å²) in [4.78, 5) is 22.6. The molecular weight excluding hydrogens is 294 g/mol. The van der Waals surface area contributed by atoms with Crippen LogP contribution in [0.1, 0.15) is 16.1 Å². The van der Waals surface area contributed by atoms with E-state index in [0.29, 0.717) is 23.7 Å². The van der Waals surface area contributed by atoms with Gasteiger partial charge in [-0.15, -0.1) is 0 Å². The van der Waals surface area contributed by atoms with Crippen LogP contribution in [0.15, 0.2) is 35.1 Å². The Bertz CT molecular complexity index is 680. The number of nitrogens with zero attached hydrogens (tertiary/aromatic N) is 1. The molecule has 0 radical (unpaired) electrons. The summed E-state index contributed by atoms with van der Waals surface area (Å²) in [5.74, 6) is 0.271. The van der Waals surface area contributed by atoms with Crippen LogP contribution in [-0.4, -0.2) is 29.8 Å². The second-order valence-corrected chi connectivity index (χ2v) is 4.69. The fraction of sp³-hybridized carbons (Fsp3) is 0.214. The standard InChI is InChI=1S/C14H14ClN3O3/c1-21-12-4-2-9(8-10(12)15)6-7-16-14(20)11-3-5-13(19)18-17-11/h2-5,8H,6-7H2,1H3,(H,16,20)(H,18,19). The number of carbonyl (C=O) groups is 1. The third-order valence-electron chi connectivity index (χ3n) is 2.83. The normalized spacial score (nSPS) is 10.2. The zero-order chi connectivity index (χ0) is 15.2. The van der Waals surface area contributed by atoms with Crippen LogP contribution in [-0.2, 0) is 6.42 Å². The second kappa shape index (κ2) is 6.90. The van der Waals surface area contributed by atoms with Crippen molar-refractivity contribution in [1.29, 1.82) is 0 Å². The Hall–Kier alpha value is -2.34. The molecule has 0 aliphatic carbocycles. The highest BCUT2D eigenvalue weighted by Crippen LogP contribution is 2.24. The molecule has 0 bridgehead atoms. The van der Waals surface area contributed by atoms with E-state index in [-0.39, 0.29) is 17.2 Å². The molecule has 0 atom stereocenters. The van der Waals surface area contributed by atoms with Crippen molar-refractivity contribution in [2.24, 2.45) is 0 Å². The average molecular weight is 308 g/mol. The monoisotopic (exact) mass is 307 g/mol. The van der Waals surface area contributed by atoms with Gasteiger partial charge in [-0.2, -0.15) is 5.10 Å². The lowest BCUT2D eigenvalue weighted by molar-refractivity contribution is 0.0948. The van der Waals surface area contributed by atoms with E-state index in [4.69, 9.17) is 16.3 Å². The summed E-state index contributed by atoms with van der Waals surface area (Å²) in [5.41, 5.74) is 0.803. The number of carbonyl (C=O) groups excluding carboxylic acids is 1. The molecule has 110 valence electrons. The molecule has 0 aliphatic heterocycles. The summed E-state index contributed by atoms with van der Waals surface area (Å²) in [6, 6.07) is 8.09. The number of aromatic nitrogens is 2. The predicted octanol–water partition coefficient (Wildman–Crippen LogP) is 1.40. The number of halogens is 1. The Morgan fingerprint density at radius 3 is 2.81 bits per heavy atom. The summed E-state index contributed by atoms with van der Waals surface area (Å²) >= 11 is 6.03. The molecule has 0 saturated heterocycles. The number of amides is 1. The van der Waals surface area contributed by atoms with Crippen LogP contribution in [0.25, 0.3) is 0 Å². The van der Waals surface area contributed by atoms with Crippen LogP contribution in [0.5, 0.6) is 5.75 Å². The first-order valence-electron chi connectivity index (χ1n) is 6.26. The zero-order valence-electron chi connectivity index (χ0n) is 11.4. The number of methoxy groups -OCH3 is 1. The minimum Gasteiger partial charge on any atom is -0.495 e. The lowest BCUT2D eigenvalue weighted by Gasteiger charge is -2.07. The first-order chi connectivity index (χ1) is 10.1. The molecule has 0 saturated carbocycles. The highest BCUT2D eigenvalue weighted by Gasteiger charge is 2.07. The minimum absolute atomic E-state index is 0.169. The zero-order valence-corrected chi connectivity index (χ0v) is 12.1. The van der Waals surface area contributed by atoms with Gasteiger partial charge in [-0.1, -0.05) is 17.7 Å². The van der Waals surface area contributed by atoms with Crippen molar-refractivity contribution < 1.29 is 9.53 Å². The summed E-state index contributed by atoms with van der Waals surface area (Å²) in [6.45, 7) is 0.433. The van der Waals surface area contributed by atoms with E-state index in [0.717, 1.165) is 5.56 Å². The van der Waals surface area contributed by atoms with Gasteiger partial charge in [-0.25, -0.2) is 5.10 Å². The summed E-state index contributed by atoms with van der Waals surface area (Å²) in [5, 5.41) is 9.11. The molecule has 0 spiro atoms. The largest absolute Gasteiger partial charge is 0.495 e. The average Bonchev–Trinajstić information content (AvgIpc) is 2.48. The van der Waals surface area contributed by atoms with E-state index >= 15 is 0 Å². The van der Waals surface area contributed by atoms with Gasteiger partial charge < -0.3 is 10.1 Å². The van der Waals surface area contributed by atoms with Crippen LogP contribution in [0, 0.1) is 0 Å². The van der Waals surface area contributed by atoms with Crippen molar-refractivity contribution in [3.63, 3.8) is 0 Å². The highest BCUT2D eigenvalue weighted by atomic mass is 35.5. The Balaban J connectivity index is 1.89. The maximum absolute atomic E-state index is 11.8. The molecule has 7 heteroatoms. The van der Waals surface area contributed by atoms with E-state index in [1.807, 2.05) is 6.07 Å². The highest BCUT2D eigenvalue weighted by molar-refractivity contribution is 6.32. The van der Waals surface area contributed by atoms with Crippen LogP contribution in [0.2, 0.25) is 5.02 Å². The van der Waals surface area contributed by atoms with Crippen molar-refractivity contribution in [1.82, 2.24) is 15.5 Å². The second-order valence-electron chi connectivity index (χ2n) is 4.28. The Labute approximate surface area is 126 Å². The molecule has 21 heavy (non-hydrogen) atoms.